The molecular weight excluding hydrogens is 446 g/mol. The SMILES string of the molecule is COCCn1cccc1[C@@H]1[C@@H](c2ccccn2)NC(=S)N1c1ccc(NC(=O)C(C)C)c(C)c1. The fraction of sp³-hybridized carbons (Fsp3) is 0.346. The third-order valence-electron chi connectivity index (χ3n) is 6.07. The normalized spacial score (nSPS) is 17.8. The summed E-state index contributed by atoms with van der Waals surface area (Å²) in [4.78, 5) is 19.0. The van der Waals surface area contributed by atoms with E-state index in [1.54, 1.807) is 13.3 Å². The van der Waals surface area contributed by atoms with Crippen molar-refractivity contribution in [2.45, 2.75) is 39.4 Å². The summed E-state index contributed by atoms with van der Waals surface area (Å²) in [6.07, 6.45) is 3.87. The van der Waals surface area contributed by atoms with Gasteiger partial charge in [-0.1, -0.05) is 19.9 Å². The average Bonchev–Trinajstić information content (AvgIpc) is 3.43. The molecule has 7 nitrogen and oxygen atoms in total. The van der Waals surface area contributed by atoms with E-state index < -0.39 is 0 Å². The van der Waals surface area contributed by atoms with E-state index in [2.05, 4.69) is 49.5 Å². The largest absolute Gasteiger partial charge is 0.383 e. The second kappa shape index (κ2) is 10.4. The molecule has 178 valence electrons. The Morgan fingerprint density at radius 3 is 2.74 bits per heavy atom. The van der Waals surface area contributed by atoms with Crippen molar-refractivity contribution < 1.29 is 9.53 Å². The van der Waals surface area contributed by atoms with Crippen molar-refractivity contribution in [3.63, 3.8) is 0 Å². The van der Waals surface area contributed by atoms with Crippen molar-refractivity contribution in [1.82, 2.24) is 14.9 Å². The number of nitrogens with one attached hydrogen (secondary N) is 2. The number of benzene rings is 1. The molecule has 1 fully saturated rings. The van der Waals surface area contributed by atoms with E-state index in [9.17, 15) is 4.79 Å². The molecule has 4 rings (SSSR count). The van der Waals surface area contributed by atoms with Crippen LogP contribution in [0.25, 0.3) is 0 Å². The second-order valence-electron chi connectivity index (χ2n) is 8.76. The van der Waals surface area contributed by atoms with E-state index in [4.69, 9.17) is 17.0 Å². The quantitative estimate of drug-likeness (QED) is 0.462. The lowest BCUT2D eigenvalue weighted by Gasteiger charge is -2.29. The van der Waals surface area contributed by atoms with Gasteiger partial charge in [0.1, 0.15) is 6.04 Å². The van der Waals surface area contributed by atoms with Gasteiger partial charge in [-0.05, 0) is 67.2 Å². The monoisotopic (exact) mass is 477 g/mol. The van der Waals surface area contributed by atoms with Crippen molar-refractivity contribution >= 4 is 34.6 Å². The first-order valence-electron chi connectivity index (χ1n) is 11.5. The van der Waals surface area contributed by atoms with Crippen LogP contribution in [0, 0.1) is 12.8 Å². The van der Waals surface area contributed by atoms with Gasteiger partial charge in [-0.15, -0.1) is 0 Å². The molecule has 34 heavy (non-hydrogen) atoms. The van der Waals surface area contributed by atoms with Crippen LogP contribution in [0.15, 0.2) is 60.9 Å². The van der Waals surface area contributed by atoms with Crippen molar-refractivity contribution in [1.29, 1.82) is 0 Å². The molecule has 0 radical (unpaired) electrons. The van der Waals surface area contributed by atoms with E-state index in [-0.39, 0.29) is 23.9 Å². The summed E-state index contributed by atoms with van der Waals surface area (Å²) in [5, 5.41) is 7.15. The molecule has 0 aliphatic carbocycles. The first-order chi connectivity index (χ1) is 16.4. The molecule has 3 aromatic rings. The molecule has 2 N–H and O–H groups in total. The van der Waals surface area contributed by atoms with Crippen LogP contribution in [0.2, 0.25) is 0 Å². The number of methoxy groups -OCH3 is 1. The lowest BCUT2D eigenvalue weighted by atomic mass is 10.0. The third kappa shape index (κ3) is 4.83. The number of anilines is 2. The van der Waals surface area contributed by atoms with Crippen LogP contribution in [-0.4, -0.2) is 34.3 Å². The number of pyridine rings is 1. The molecule has 1 saturated heterocycles. The minimum Gasteiger partial charge on any atom is -0.383 e. The fourth-order valence-electron chi connectivity index (χ4n) is 4.24. The average molecular weight is 478 g/mol. The topological polar surface area (TPSA) is 71.4 Å². The molecule has 0 bridgehead atoms. The van der Waals surface area contributed by atoms with Crippen LogP contribution < -0.4 is 15.5 Å². The maximum Gasteiger partial charge on any atom is 0.226 e. The number of rotatable bonds is 8. The van der Waals surface area contributed by atoms with E-state index in [1.807, 2.05) is 51.1 Å². The Balaban J connectivity index is 1.74. The second-order valence-corrected chi connectivity index (χ2v) is 9.15. The van der Waals surface area contributed by atoms with Gasteiger partial charge in [-0.2, -0.15) is 0 Å². The highest BCUT2D eigenvalue weighted by Crippen LogP contribution is 2.42. The summed E-state index contributed by atoms with van der Waals surface area (Å²) in [6, 6.07) is 15.9. The standard InChI is InChI=1S/C26H31N5O2S/c1-17(2)25(32)28-20-11-10-19(16-18(20)3)31-24(22-9-7-13-30(22)14-15-33-4)23(29-26(31)34)21-8-5-6-12-27-21/h5-13,16-17,23-24H,14-15H2,1-4H3,(H,28,32)(H,29,34)/t23-,24-/m1/s1. The number of thiocarbonyl (C=S) groups is 1. The van der Waals surface area contributed by atoms with Crippen LogP contribution in [0.1, 0.15) is 42.9 Å². The summed E-state index contributed by atoms with van der Waals surface area (Å²) in [5.41, 5.74) is 4.79. The number of nitrogens with zero attached hydrogens (tertiary/aromatic N) is 3. The number of aromatic nitrogens is 2. The molecule has 8 heteroatoms. The molecule has 1 aliphatic heterocycles. The Labute approximate surface area is 206 Å². The number of carbonyl (C=O) groups excluding carboxylic acids is 1. The predicted molar refractivity (Wildman–Crippen MR) is 139 cm³/mol. The smallest absolute Gasteiger partial charge is 0.226 e. The van der Waals surface area contributed by atoms with E-state index in [0.29, 0.717) is 11.7 Å². The molecule has 1 aliphatic rings. The maximum absolute atomic E-state index is 12.2. The molecule has 2 aromatic heterocycles. The zero-order valence-corrected chi connectivity index (χ0v) is 20.8. The van der Waals surface area contributed by atoms with E-state index in [0.717, 1.165) is 34.9 Å². The number of ether oxygens (including phenoxy) is 1. The van der Waals surface area contributed by atoms with E-state index in [1.165, 1.54) is 0 Å². The van der Waals surface area contributed by atoms with Gasteiger partial charge in [0, 0.05) is 49.0 Å². The van der Waals surface area contributed by atoms with E-state index >= 15 is 0 Å². The Morgan fingerprint density at radius 2 is 2.06 bits per heavy atom. The van der Waals surface area contributed by atoms with Gasteiger partial charge in [0.15, 0.2) is 5.11 Å². The molecule has 0 spiro atoms. The Bertz CT molecular complexity index is 1160. The molecular formula is C26H31N5O2S. The summed E-state index contributed by atoms with van der Waals surface area (Å²) in [5.74, 6) is -0.0869. The first-order valence-corrected chi connectivity index (χ1v) is 11.9. The molecule has 3 heterocycles. The van der Waals surface area contributed by atoms with Crippen LogP contribution in [0.5, 0.6) is 0 Å². The third-order valence-corrected chi connectivity index (χ3v) is 6.39. The van der Waals surface area contributed by atoms with Crippen LogP contribution >= 0.6 is 12.2 Å². The zero-order chi connectivity index (χ0) is 24.2. The van der Waals surface area contributed by atoms with Gasteiger partial charge in [-0.25, -0.2) is 0 Å². The molecule has 1 aromatic carbocycles. The summed E-state index contributed by atoms with van der Waals surface area (Å²) >= 11 is 5.84. The van der Waals surface area contributed by atoms with Crippen molar-refractivity contribution in [3.05, 3.63) is 77.9 Å². The van der Waals surface area contributed by atoms with Gasteiger partial charge >= 0.3 is 0 Å². The number of aryl methyl sites for hydroxylation is 1. The Morgan fingerprint density at radius 1 is 1.24 bits per heavy atom. The van der Waals surface area contributed by atoms with Crippen molar-refractivity contribution in [3.8, 4) is 0 Å². The predicted octanol–water partition coefficient (Wildman–Crippen LogP) is 4.61. The first kappa shape index (κ1) is 23.9. The molecule has 1 amide bonds. The number of carbonyl (C=O) groups is 1. The minimum atomic E-state index is -0.120. The van der Waals surface area contributed by atoms with Gasteiger partial charge in [0.05, 0.1) is 18.3 Å². The van der Waals surface area contributed by atoms with Crippen LogP contribution in [0.4, 0.5) is 11.4 Å². The Kier molecular flexibility index (Phi) is 7.29. The van der Waals surface area contributed by atoms with Gasteiger partial charge in [0.25, 0.3) is 0 Å². The van der Waals surface area contributed by atoms with Crippen LogP contribution in [-0.2, 0) is 16.1 Å². The molecule has 2 atom stereocenters. The highest BCUT2D eigenvalue weighted by atomic mass is 32.1. The fourth-order valence-corrected chi connectivity index (χ4v) is 4.58. The Hall–Kier alpha value is -3.23. The summed E-state index contributed by atoms with van der Waals surface area (Å²) < 4.78 is 7.54. The van der Waals surface area contributed by atoms with Gasteiger partial charge in [0.2, 0.25) is 5.91 Å². The zero-order valence-electron chi connectivity index (χ0n) is 20.0. The number of hydrogen-bond donors (Lipinski definition) is 2. The number of amides is 1. The minimum absolute atomic E-state index is 0.00160. The van der Waals surface area contributed by atoms with Crippen molar-refractivity contribution in [2.24, 2.45) is 5.92 Å². The molecule has 0 saturated carbocycles. The lowest BCUT2D eigenvalue weighted by molar-refractivity contribution is -0.118. The van der Waals surface area contributed by atoms with Gasteiger partial charge < -0.3 is 24.8 Å². The highest BCUT2D eigenvalue weighted by molar-refractivity contribution is 7.80. The van der Waals surface area contributed by atoms with Gasteiger partial charge in [-0.3, -0.25) is 9.78 Å². The van der Waals surface area contributed by atoms with Crippen LogP contribution in [0.3, 0.4) is 0 Å². The summed E-state index contributed by atoms with van der Waals surface area (Å²) in [7, 11) is 1.71. The highest BCUT2D eigenvalue weighted by Gasteiger charge is 2.42. The lowest BCUT2D eigenvalue weighted by Crippen LogP contribution is -2.30. The molecule has 0 unspecified atom stereocenters. The summed E-state index contributed by atoms with van der Waals surface area (Å²) in [6.45, 7) is 7.12. The number of hydrogen-bond acceptors (Lipinski definition) is 4. The van der Waals surface area contributed by atoms with Crippen molar-refractivity contribution in [2.75, 3.05) is 23.9 Å². The maximum atomic E-state index is 12.2.